The van der Waals surface area contributed by atoms with E-state index < -0.39 is 0 Å². The quantitative estimate of drug-likeness (QED) is 0.598. The summed E-state index contributed by atoms with van der Waals surface area (Å²) in [6, 6.07) is 2.19. The predicted molar refractivity (Wildman–Crippen MR) is 46.4 cm³/mol. The summed E-state index contributed by atoms with van der Waals surface area (Å²) < 4.78 is 0. The molecule has 2 heteroatoms. The molecular formula is C10H15NO. The van der Waals surface area contributed by atoms with Crippen molar-refractivity contribution in [1.82, 2.24) is 0 Å². The number of Topliss-reactive ketones (excluding diaryl/α,β-unsaturated/α-hetero) is 1. The molecule has 1 rings (SSSR count). The van der Waals surface area contributed by atoms with E-state index in [-0.39, 0.29) is 0 Å². The minimum atomic E-state index is 0.387. The predicted octanol–water partition coefficient (Wildman–Crippen LogP) is 2.44. The smallest absolute Gasteiger partial charge is 0.132 e. The highest BCUT2D eigenvalue weighted by atomic mass is 16.1. The Kier molecular flexibility index (Phi) is 3.79. The van der Waals surface area contributed by atoms with Crippen molar-refractivity contribution in [2.24, 2.45) is 5.92 Å². The number of hydrogen-bond acceptors (Lipinski definition) is 2. The highest BCUT2D eigenvalue weighted by molar-refractivity contribution is 5.78. The van der Waals surface area contributed by atoms with Crippen LogP contribution in [0.4, 0.5) is 0 Å². The Morgan fingerprint density at radius 3 is 2.92 bits per heavy atom. The molecule has 0 N–H and O–H groups in total. The minimum absolute atomic E-state index is 0.387. The number of nitrogens with zero attached hydrogens (tertiary/aromatic N) is 1. The lowest BCUT2D eigenvalue weighted by molar-refractivity contribution is -0.119. The molecule has 0 spiro atoms. The van der Waals surface area contributed by atoms with Gasteiger partial charge in [0.1, 0.15) is 5.78 Å². The van der Waals surface area contributed by atoms with Crippen LogP contribution in [0.2, 0.25) is 0 Å². The van der Waals surface area contributed by atoms with Crippen LogP contribution < -0.4 is 0 Å². The van der Waals surface area contributed by atoms with Crippen molar-refractivity contribution in [3.05, 3.63) is 0 Å². The van der Waals surface area contributed by atoms with Gasteiger partial charge in [0.05, 0.1) is 6.07 Å². The van der Waals surface area contributed by atoms with Crippen molar-refractivity contribution in [2.45, 2.75) is 44.9 Å². The molecular weight excluding hydrogens is 150 g/mol. The van der Waals surface area contributed by atoms with E-state index in [0.717, 1.165) is 32.1 Å². The van der Waals surface area contributed by atoms with Crippen molar-refractivity contribution in [3.8, 4) is 6.07 Å². The minimum Gasteiger partial charge on any atom is -0.300 e. The van der Waals surface area contributed by atoms with Gasteiger partial charge >= 0.3 is 0 Å². The van der Waals surface area contributed by atoms with Gasteiger partial charge in [-0.1, -0.05) is 6.42 Å². The normalized spacial score (nSPS) is 25.6. The van der Waals surface area contributed by atoms with Gasteiger partial charge in [0, 0.05) is 19.3 Å². The van der Waals surface area contributed by atoms with Crippen molar-refractivity contribution in [3.63, 3.8) is 0 Å². The summed E-state index contributed by atoms with van der Waals surface area (Å²) >= 11 is 0. The van der Waals surface area contributed by atoms with Crippen LogP contribution in [0.25, 0.3) is 0 Å². The second-order valence-electron chi connectivity index (χ2n) is 3.55. The van der Waals surface area contributed by atoms with E-state index in [1.165, 1.54) is 0 Å². The molecule has 1 aliphatic carbocycles. The zero-order valence-electron chi connectivity index (χ0n) is 7.38. The molecule has 1 unspecified atom stereocenters. The van der Waals surface area contributed by atoms with Gasteiger partial charge in [-0.25, -0.2) is 0 Å². The summed E-state index contributed by atoms with van der Waals surface area (Å²) in [5, 5.41) is 8.51. The molecule has 2 nitrogen and oxygen atoms in total. The van der Waals surface area contributed by atoms with Crippen molar-refractivity contribution in [2.75, 3.05) is 0 Å². The molecule has 0 aromatic rings. The number of carbonyl (C=O) groups excluding carboxylic acids is 1. The second kappa shape index (κ2) is 4.92. The Morgan fingerprint density at radius 1 is 1.33 bits per heavy atom. The largest absolute Gasteiger partial charge is 0.300 e. The van der Waals surface area contributed by atoms with Gasteiger partial charge in [-0.2, -0.15) is 5.26 Å². The Hall–Kier alpha value is -0.840. The summed E-state index contributed by atoms with van der Waals surface area (Å²) in [5.41, 5.74) is 0. The van der Waals surface area contributed by atoms with E-state index in [2.05, 4.69) is 6.07 Å². The van der Waals surface area contributed by atoms with E-state index in [9.17, 15) is 4.79 Å². The van der Waals surface area contributed by atoms with Crippen LogP contribution in [0.15, 0.2) is 0 Å². The summed E-state index contributed by atoms with van der Waals surface area (Å²) in [7, 11) is 0. The fraction of sp³-hybridized carbons (Fsp3) is 0.800. The molecule has 0 saturated heterocycles. The topological polar surface area (TPSA) is 40.9 Å². The van der Waals surface area contributed by atoms with Crippen LogP contribution in [0.5, 0.6) is 0 Å². The number of carbonyl (C=O) groups is 1. The maximum Gasteiger partial charge on any atom is 0.132 e. The van der Waals surface area contributed by atoms with Gasteiger partial charge in [-0.05, 0) is 25.2 Å². The zero-order chi connectivity index (χ0) is 8.81. The zero-order valence-corrected chi connectivity index (χ0v) is 7.38. The van der Waals surface area contributed by atoms with Crippen molar-refractivity contribution in [1.29, 1.82) is 5.26 Å². The van der Waals surface area contributed by atoms with E-state index in [4.69, 9.17) is 5.26 Å². The second-order valence-corrected chi connectivity index (χ2v) is 3.55. The standard InChI is InChI=1S/C10H15NO/c11-8-7-9-3-1-2-4-10(12)6-5-9/h9H,1-7H2. The lowest BCUT2D eigenvalue weighted by Gasteiger charge is -2.15. The van der Waals surface area contributed by atoms with Gasteiger partial charge in [-0.15, -0.1) is 0 Å². The molecule has 1 atom stereocenters. The Balaban J connectivity index is 2.34. The third kappa shape index (κ3) is 3.04. The molecule has 1 saturated carbocycles. The maximum absolute atomic E-state index is 11.1. The molecule has 0 amide bonds. The van der Waals surface area contributed by atoms with Gasteiger partial charge in [0.25, 0.3) is 0 Å². The Morgan fingerprint density at radius 2 is 2.17 bits per heavy atom. The van der Waals surface area contributed by atoms with Crippen molar-refractivity contribution < 1.29 is 4.79 Å². The third-order valence-electron chi connectivity index (χ3n) is 2.53. The maximum atomic E-state index is 11.1. The van der Waals surface area contributed by atoms with E-state index in [1.807, 2.05) is 0 Å². The summed E-state index contributed by atoms with van der Waals surface area (Å²) in [6.07, 6.45) is 6.32. The molecule has 0 bridgehead atoms. The third-order valence-corrected chi connectivity index (χ3v) is 2.53. The lowest BCUT2D eigenvalue weighted by Crippen LogP contribution is -2.08. The average molecular weight is 165 g/mol. The number of nitriles is 1. The van der Waals surface area contributed by atoms with Crippen LogP contribution in [0.1, 0.15) is 44.9 Å². The van der Waals surface area contributed by atoms with E-state index in [0.29, 0.717) is 24.5 Å². The lowest BCUT2D eigenvalue weighted by atomic mass is 9.89. The van der Waals surface area contributed by atoms with E-state index >= 15 is 0 Å². The van der Waals surface area contributed by atoms with Gasteiger partial charge in [0.2, 0.25) is 0 Å². The van der Waals surface area contributed by atoms with Crippen LogP contribution in [-0.4, -0.2) is 5.78 Å². The van der Waals surface area contributed by atoms with Crippen molar-refractivity contribution >= 4 is 5.78 Å². The molecule has 0 aromatic carbocycles. The number of rotatable bonds is 1. The molecule has 1 fully saturated rings. The highest BCUT2D eigenvalue weighted by Crippen LogP contribution is 2.22. The number of ketones is 1. The fourth-order valence-corrected chi connectivity index (χ4v) is 1.72. The van der Waals surface area contributed by atoms with Crippen LogP contribution in [0.3, 0.4) is 0 Å². The average Bonchev–Trinajstić information content (AvgIpc) is 2.04. The Labute approximate surface area is 73.6 Å². The van der Waals surface area contributed by atoms with Gasteiger partial charge in [0.15, 0.2) is 0 Å². The summed E-state index contributed by atoms with van der Waals surface area (Å²) in [6.45, 7) is 0. The summed E-state index contributed by atoms with van der Waals surface area (Å²) in [4.78, 5) is 11.1. The van der Waals surface area contributed by atoms with Gasteiger partial charge in [-0.3, -0.25) is 4.79 Å². The molecule has 0 aliphatic heterocycles. The molecule has 12 heavy (non-hydrogen) atoms. The van der Waals surface area contributed by atoms with Crippen LogP contribution in [0, 0.1) is 17.2 Å². The van der Waals surface area contributed by atoms with Gasteiger partial charge < -0.3 is 0 Å². The first-order chi connectivity index (χ1) is 5.83. The van der Waals surface area contributed by atoms with Crippen LogP contribution in [-0.2, 0) is 4.79 Å². The van der Waals surface area contributed by atoms with E-state index in [1.54, 1.807) is 0 Å². The fourth-order valence-electron chi connectivity index (χ4n) is 1.72. The SMILES string of the molecule is N#CCC1CCCCC(=O)CC1. The molecule has 0 heterocycles. The highest BCUT2D eigenvalue weighted by Gasteiger charge is 2.14. The molecule has 0 aromatic heterocycles. The number of hydrogen-bond donors (Lipinski definition) is 0. The first-order valence-electron chi connectivity index (χ1n) is 4.71. The molecule has 1 aliphatic rings. The Bertz CT molecular complexity index is 193. The molecule has 66 valence electrons. The summed E-state index contributed by atoms with van der Waals surface area (Å²) in [5.74, 6) is 0.872. The first kappa shape index (κ1) is 9.25. The monoisotopic (exact) mass is 165 g/mol. The van der Waals surface area contributed by atoms with Crippen LogP contribution >= 0.6 is 0 Å². The molecule has 0 radical (unpaired) electrons. The first-order valence-corrected chi connectivity index (χ1v) is 4.71.